The average Bonchev–Trinajstić information content (AvgIpc) is 3.18. The molecular weight excluding hydrogens is 421 g/mol. The van der Waals surface area contributed by atoms with E-state index in [1.165, 1.54) is 12.1 Å². The van der Waals surface area contributed by atoms with Crippen LogP contribution in [-0.4, -0.2) is 31.9 Å². The number of aromatic nitrogens is 5. The Bertz CT molecular complexity index is 1400. The molecule has 9 heteroatoms. The lowest BCUT2D eigenvalue weighted by molar-refractivity contribution is 0.296. The predicted molar refractivity (Wildman–Crippen MR) is 114 cm³/mol. The van der Waals surface area contributed by atoms with Gasteiger partial charge in [-0.3, -0.25) is 4.98 Å². The number of rotatable bonds is 5. The summed E-state index contributed by atoms with van der Waals surface area (Å²) in [6.07, 6.45) is 1.67. The molecule has 0 aliphatic carbocycles. The van der Waals surface area contributed by atoms with Crippen LogP contribution in [0.1, 0.15) is 5.82 Å². The Labute approximate surface area is 181 Å². The van der Waals surface area contributed by atoms with Crippen LogP contribution in [0.3, 0.4) is 0 Å². The first-order chi connectivity index (χ1) is 15.1. The highest BCUT2D eigenvalue weighted by Crippen LogP contribution is 2.28. The largest absolute Gasteiger partial charge is 0.497 e. The third-order valence-electron chi connectivity index (χ3n) is 4.75. The van der Waals surface area contributed by atoms with Crippen molar-refractivity contribution in [3.05, 3.63) is 77.5 Å². The van der Waals surface area contributed by atoms with Crippen LogP contribution in [0.15, 0.2) is 60.8 Å². The normalized spacial score (nSPS) is 11.2. The molecule has 3 aromatic heterocycles. The van der Waals surface area contributed by atoms with Crippen LogP contribution >= 0.6 is 11.6 Å². The van der Waals surface area contributed by atoms with Crippen molar-refractivity contribution in [3.8, 4) is 22.8 Å². The summed E-state index contributed by atoms with van der Waals surface area (Å²) < 4.78 is 26.6. The average molecular weight is 436 g/mol. The minimum Gasteiger partial charge on any atom is -0.497 e. The molecule has 0 aliphatic heterocycles. The second-order valence-corrected chi connectivity index (χ2v) is 7.18. The third-order valence-corrected chi connectivity index (χ3v) is 4.97. The van der Waals surface area contributed by atoms with Crippen LogP contribution in [0.25, 0.3) is 27.8 Å². The zero-order valence-corrected chi connectivity index (χ0v) is 17.0. The number of halogens is 2. The van der Waals surface area contributed by atoms with Crippen molar-refractivity contribution in [1.29, 1.82) is 0 Å². The molecular formula is C22H15ClFN5O2. The number of methoxy groups -OCH3 is 1. The molecule has 0 unspecified atom stereocenters. The quantitative estimate of drug-likeness (QED) is 0.397. The van der Waals surface area contributed by atoms with E-state index in [1.807, 2.05) is 18.2 Å². The van der Waals surface area contributed by atoms with Gasteiger partial charge in [-0.15, -0.1) is 10.2 Å². The van der Waals surface area contributed by atoms with Crippen molar-refractivity contribution in [2.24, 2.45) is 0 Å². The summed E-state index contributed by atoms with van der Waals surface area (Å²) in [5, 5.41) is 14.0. The predicted octanol–water partition coefficient (Wildman–Crippen LogP) is 4.72. The SMILES string of the molecule is COc1ccc2c(OCc3nnc4ccc(-c5cc(F)cc(Cl)c5)nn34)ccnc2c1. The Kier molecular flexibility index (Phi) is 4.83. The van der Waals surface area contributed by atoms with Gasteiger partial charge in [0.1, 0.15) is 23.9 Å². The number of nitrogens with zero attached hydrogens (tertiary/aromatic N) is 5. The van der Waals surface area contributed by atoms with E-state index in [1.54, 1.807) is 42.1 Å². The lowest BCUT2D eigenvalue weighted by atomic mass is 10.1. The molecule has 0 bridgehead atoms. The molecule has 5 aromatic rings. The van der Waals surface area contributed by atoms with Gasteiger partial charge in [0.2, 0.25) is 0 Å². The maximum atomic E-state index is 13.8. The second-order valence-electron chi connectivity index (χ2n) is 6.74. The van der Waals surface area contributed by atoms with E-state index >= 15 is 0 Å². The van der Waals surface area contributed by atoms with E-state index in [-0.39, 0.29) is 6.61 Å². The van der Waals surface area contributed by atoms with E-state index in [9.17, 15) is 4.39 Å². The second kappa shape index (κ2) is 7.81. The van der Waals surface area contributed by atoms with Gasteiger partial charge < -0.3 is 9.47 Å². The standard InChI is InChI=1S/C22H15ClFN5O2/c1-30-16-2-3-17-19(11-16)25-7-6-20(17)31-12-22-27-26-21-5-4-18(28-29(21)22)13-8-14(23)10-15(24)9-13/h2-11H,12H2,1H3. The zero-order valence-electron chi connectivity index (χ0n) is 16.3. The summed E-state index contributed by atoms with van der Waals surface area (Å²) >= 11 is 5.98. The molecule has 0 aliphatic rings. The smallest absolute Gasteiger partial charge is 0.192 e. The van der Waals surface area contributed by atoms with Crippen molar-refractivity contribution in [2.75, 3.05) is 7.11 Å². The van der Waals surface area contributed by atoms with Crippen LogP contribution < -0.4 is 9.47 Å². The number of ether oxygens (including phenoxy) is 2. The third kappa shape index (κ3) is 3.73. The molecule has 0 saturated heterocycles. The number of hydrogen-bond acceptors (Lipinski definition) is 6. The Morgan fingerprint density at radius 2 is 1.94 bits per heavy atom. The highest BCUT2D eigenvalue weighted by molar-refractivity contribution is 6.30. The van der Waals surface area contributed by atoms with Gasteiger partial charge in [-0.05, 0) is 48.5 Å². The number of hydrogen-bond donors (Lipinski definition) is 0. The van der Waals surface area contributed by atoms with E-state index in [0.717, 1.165) is 16.7 Å². The Morgan fingerprint density at radius 3 is 2.77 bits per heavy atom. The molecule has 0 radical (unpaired) electrons. The van der Waals surface area contributed by atoms with Gasteiger partial charge in [-0.2, -0.15) is 9.61 Å². The molecule has 0 N–H and O–H groups in total. The van der Waals surface area contributed by atoms with Crippen molar-refractivity contribution in [3.63, 3.8) is 0 Å². The molecule has 2 aromatic carbocycles. The lowest BCUT2D eigenvalue weighted by Crippen LogP contribution is -2.05. The highest BCUT2D eigenvalue weighted by Gasteiger charge is 2.12. The summed E-state index contributed by atoms with van der Waals surface area (Å²) in [7, 11) is 1.61. The van der Waals surface area contributed by atoms with Crippen molar-refractivity contribution in [1.82, 2.24) is 24.8 Å². The maximum Gasteiger partial charge on any atom is 0.192 e. The highest BCUT2D eigenvalue weighted by atomic mass is 35.5. The Balaban J connectivity index is 1.47. The van der Waals surface area contributed by atoms with Crippen LogP contribution in [0.2, 0.25) is 5.02 Å². The van der Waals surface area contributed by atoms with Crippen LogP contribution in [0, 0.1) is 5.82 Å². The molecule has 0 spiro atoms. The van der Waals surface area contributed by atoms with Gasteiger partial charge in [0.05, 0.1) is 18.3 Å². The van der Waals surface area contributed by atoms with Crippen LogP contribution in [0.5, 0.6) is 11.5 Å². The van der Waals surface area contributed by atoms with E-state index < -0.39 is 5.82 Å². The number of pyridine rings is 1. The van der Waals surface area contributed by atoms with Gasteiger partial charge in [0.25, 0.3) is 0 Å². The summed E-state index contributed by atoms with van der Waals surface area (Å²) in [6.45, 7) is 0.132. The maximum absolute atomic E-state index is 13.8. The molecule has 3 heterocycles. The van der Waals surface area contributed by atoms with Crippen molar-refractivity contribution < 1.29 is 13.9 Å². The fourth-order valence-corrected chi connectivity index (χ4v) is 3.50. The van der Waals surface area contributed by atoms with Gasteiger partial charge in [0.15, 0.2) is 11.5 Å². The van der Waals surface area contributed by atoms with Crippen LogP contribution in [-0.2, 0) is 6.61 Å². The van der Waals surface area contributed by atoms with Gasteiger partial charge in [-0.1, -0.05) is 11.6 Å². The summed E-state index contributed by atoms with van der Waals surface area (Å²) in [5.41, 5.74) is 2.40. The number of fused-ring (bicyclic) bond motifs is 2. The zero-order chi connectivity index (χ0) is 21.4. The first kappa shape index (κ1) is 19.2. The van der Waals surface area contributed by atoms with Gasteiger partial charge in [-0.25, -0.2) is 4.39 Å². The van der Waals surface area contributed by atoms with Crippen LogP contribution in [0.4, 0.5) is 4.39 Å². The molecule has 5 rings (SSSR count). The van der Waals surface area contributed by atoms with E-state index in [2.05, 4.69) is 20.3 Å². The summed E-state index contributed by atoms with van der Waals surface area (Å²) in [6, 6.07) is 15.1. The van der Waals surface area contributed by atoms with Crippen molar-refractivity contribution >= 4 is 28.2 Å². The first-order valence-electron chi connectivity index (χ1n) is 9.34. The number of benzene rings is 2. The fraction of sp³-hybridized carbons (Fsp3) is 0.0909. The molecule has 0 saturated carbocycles. The summed E-state index contributed by atoms with van der Waals surface area (Å²) in [5.74, 6) is 1.43. The molecule has 154 valence electrons. The minimum atomic E-state index is -0.432. The molecule has 0 fully saturated rings. The monoisotopic (exact) mass is 435 g/mol. The molecule has 0 atom stereocenters. The first-order valence-corrected chi connectivity index (χ1v) is 9.72. The Hall–Kier alpha value is -3.78. The molecule has 0 amide bonds. The topological polar surface area (TPSA) is 74.4 Å². The summed E-state index contributed by atoms with van der Waals surface area (Å²) in [4.78, 5) is 4.36. The minimum absolute atomic E-state index is 0.132. The van der Waals surface area contributed by atoms with Crippen molar-refractivity contribution in [2.45, 2.75) is 6.61 Å². The van der Waals surface area contributed by atoms with Gasteiger partial charge >= 0.3 is 0 Å². The Morgan fingerprint density at radius 1 is 1.03 bits per heavy atom. The fourth-order valence-electron chi connectivity index (χ4n) is 3.28. The van der Waals surface area contributed by atoms with Gasteiger partial charge in [0, 0.05) is 28.2 Å². The molecule has 31 heavy (non-hydrogen) atoms. The molecule has 7 nitrogen and oxygen atoms in total. The lowest BCUT2D eigenvalue weighted by Gasteiger charge is -2.09. The van der Waals surface area contributed by atoms with E-state index in [0.29, 0.717) is 33.5 Å². The van der Waals surface area contributed by atoms with E-state index in [4.69, 9.17) is 21.1 Å².